The van der Waals surface area contributed by atoms with E-state index in [1.54, 1.807) is 30.2 Å². The number of carbonyl (C=O) groups is 2. The van der Waals surface area contributed by atoms with Crippen LogP contribution in [0.15, 0.2) is 71.9 Å². The van der Waals surface area contributed by atoms with E-state index in [0.29, 0.717) is 19.6 Å². The fourth-order valence-electron chi connectivity index (χ4n) is 4.02. The lowest BCUT2D eigenvalue weighted by Gasteiger charge is -2.26. The lowest BCUT2D eigenvalue weighted by atomic mass is 10.1. The van der Waals surface area contributed by atoms with Gasteiger partial charge in [-0.25, -0.2) is 0 Å². The van der Waals surface area contributed by atoms with Gasteiger partial charge < -0.3 is 23.9 Å². The highest BCUT2D eigenvalue weighted by molar-refractivity contribution is 5.94. The molecule has 9 heteroatoms. The van der Waals surface area contributed by atoms with E-state index in [4.69, 9.17) is 9.15 Å². The first-order valence-corrected chi connectivity index (χ1v) is 11.5. The first kappa shape index (κ1) is 24.0. The summed E-state index contributed by atoms with van der Waals surface area (Å²) in [5.74, 6) is 1.31. The summed E-state index contributed by atoms with van der Waals surface area (Å²) in [6.45, 7) is 6.48. The second-order valence-electron chi connectivity index (χ2n) is 8.18. The number of benzene rings is 1. The molecule has 0 radical (unpaired) electrons. The quantitative estimate of drug-likeness (QED) is 0.462. The third-order valence-electron chi connectivity index (χ3n) is 5.88. The summed E-state index contributed by atoms with van der Waals surface area (Å²) in [4.78, 5) is 31.1. The Morgan fingerprint density at radius 1 is 1.11 bits per heavy atom. The summed E-state index contributed by atoms with van der Waals surface area (Å²) in [6.07, 6.45) is 3.83. The van der Waals surface area contributed by atoms with Crippen LogP contribution in [0.25, 0.3) is 11.3 Å². The Labute approximate surface area is 204 Å². The van der Waals surface area contributed by atoms with Crippen molar-refractivity contribution < 1.29 is 18.7 Å². The number of nitrogens with zero attached hydrogens (tertiary/aromatic N) is 5. The van der Waals surface area contributed by atoms with Crippen molar-refractivity contribution >= 4 is 17.6 Å². The zero-order valence-corrected chi connectivity index (χ0v) is 19.8. The van der Waals surface area contributed by atoms with Crippen molar-refractivity contribution in [3.8, 4) is 17.0 Å². The van der Waals surface area contributed by atoms with Crippen molar-refractivity contribution in [2.45, 2.75) is 6.42 Å². The lowest BCUT2D eigenvalue weighted by Crippen LogP contribution is -2.44. The number of ether oxygens (including phenoxy) is 1. The second kappa shape index (κ2) is 11.3. The van der Waals surface area contributed by atoms with Crippen molar-refractivity contribution in [3.63, 3.8) is 0 Å². The summed E-state index contributed by atoms with van der Waals surface area (Å²) in [5, 5.41) is 8.83. The molecule has 1 fully saturated rings. The Hall–Kier alpha value is -4.14. The van der Waals surface area contributed by atoms with E-state index in [1.807, 2.05) is 36.4 Å². The van der Waals surface area contributed by atoms with Gasteiger partial charge in [0.05, 0.1) is 19.1 Å². The van der Waals surface area contributed by atoms with Crippen LogP contribution in [0.2, 0.25) is 0 Å². The van der Waals surface area contributed by atoms with Crippen LogP contribution in [0, 0.1) is 0 Å². The van der Waals surface area contributed by atoms with Gasteiger partial charge in [0.15, 0.2) is 11.6 Å². The van der Waals surface area contributed by atoms with Gasteiger partial charge in [-0.2, -0.15) is 0 Å². The summed E-state index contributed by atoms with van der Waals surface area (Å²) in [6, 6.07) is 14.8. The van der Waals surface area contributed by atoms with Crippen LogP contribution >= 0.6 is 0 Å². The van der Waals surface area contributed by atoms with Gasteiger partial charge in [-0.1, -0.05) is 18.2 Å². The van der Waals surface area contributed by atoms with Crippen molar-refractivity contribution in [2.75, 3.05) is 51.3 Å². The number of carbonyl (C=O) groups excluding carboxylic acids is 2. The molecule has 3 heterocycles. The molecule has 4 rings (SSSR count). The summed E-state index contributed by atoms with van der Waals surface area (Å²) in [7, 11) is 1.63. The second-order valence-corrected chi connectivity index (χ2v) is 8.18. The van der Waals surface area contributed by atoms with Crippen molar-refractivity contribution in [1.82, 2.24) is 20.0 Å². The van der Waals surface area contributed by atoms with Gasteiger partial charge in [0, 0.05) is 38.3 Å². The number of anilines is 1. The van der Waals surface area contributed by atoms with Crippen molar-refractivity contribution in [1.29, 1.82) is 0 Å². The average molecular weight is 476 g/mol. The predicted molar refractivity (Wildman–Crippen MR) is 132 cm³/mol. The molecule has 0 spiro atoms. The van der Waals surface area contributed by atoms with E-state index >= 15 is 0 Å². The molecule has 9 nitrogen and oxygen atoms in total. The summed E-state index contributed by atoms with van der Waals surface area (Å²) < 4.78 is 10.5. The first-order chi connectivity index (χ1) is 17.1. The van der Waals surface area contributed by atoms with Gasteiger partial charge in [0.1, 0.15) is 12.3 Å². The maximum atomic E-state index is 13.0. The zero-order valence-electron chi connectivity index (χ0n) is 19.8. The van der Waals surface area contributed by atoms with Crippen molar-refractivity contribution in [2.24, 2.45) is 0 Å². The third-order valence-corrected chi connectivity index (χ3v) is 5.88. The first-order valence-electron chi connectivity index (χ1n) is 11.5. The van der Waals surface area contributed by atoms with Crippen LogP contribution in [0.3, 0.4) is 0 Å². The van der Waals surface area contributed by atoms with Crippen LogP contribution in [-0.4, -0.2) is 78.2 Å². The van der Waals surface area contributed by atoms with E-state index in [0.717, 1.165) is 35.8 Å². The van der Waals surface area contributed by atoms with Crippen molar-refractivity contribution in [3.05, 3.63) is 73.2 Å². The number of hydrogen-bond acceptors (Lipinski definition) is 7. The monoisotopic (exact) mass is 475 g/mol. The average Bonchev–Trinajstić information content (AvgIpc) is 3.32. The van der Waals surface area contributed by atoms with E-state index in [9.17, 15) is 9.59 Å². The van der Waals surface area contributed by atoms with Crippen LogP contribution in [0.5, 0.6) is 5.75 Å². The molecule has 0 atom stereocenters. The highest BCUT2D eigenvalue weighted by Gasteiger charge is 2.25. The molecule has 0 N–H and O–H groups in total. The van der Waals surface area contributed by atoms with Gasteiger partial charge in [-0.15, -0.1) is 16.8 Å². The fraction of sp³-hybridized carbons (Fsp3) is 0.308. The molecule has 1 aliphatic rings. The van der Waals surface area contributed by atoms with E-state index in [2.05, 4.69) is 21.7 Å². The SMILES string of the molecule is C=CCN(CC(=O)N1CCCN(c2ccc(-c3cccc(OC)c3)nn2)CC1)C(=O)c1ccco1. The maximum absolute atomic E-state index is 13.0. The molecule has 3 aromatic rings. The molecule has 2 aromatic heterocycles. The van der Waals surface area contributed by atoms with Crippen LogP contribution in [0.1, 0.15) is 17.0 Å². The van der Waals surface area contributed by atoms with Gasteiger partial charge in [-0.3, -0.25) is 9.59 Å². The predicted octanol–water partition coefficient (Wildman–Crippen LogP) is 3.11. The van der Waals surface area contributed by atoms with Crippen LogP contribution in [0.4, 0.5) is 5.82 Å². The largest absolute Gasteiger partial charge is 0.497 e. The molecule has 1 aromatic carbocycles. The number of furan rings is 1. The zero-order chi connectivity index (χ0) is 24.6. The highest BCUT2D eigenvalue weighted by atomic mass is 16.5. The van der Waals surface area contributed by atoms with Gasteiger partial charge >= 0.3 is 0 Å². The Bertz CT molecular complexity index is 1150. The Balaban J connectivity index is 1.37. The van der Waals surface area contributed by atoms with E-state index < -0.39 is 0 Å². The number of aromatic nitrogens is 2. The molecule has 0 unspecified atom stereocenters. The minimum atomic E-state index is -0.328. The standard InChI is InChI=1S/C26H29N5O4/c1-3-12-31(26(33)23-9-5-17-35-23)19-25(32)30-14-6-13-29(15-16-30)24-11-10-22(27-28-24)20-7-4-8-21(18-20)34-2/h3-5,7-11,17-18H,1,6,12-16,19H2,2H3. The van der Waals surface area contributed by atoms with Crippen LogP contribution < -0.4 is 9.64 Å². The molecule has 0 bridgehead atoms. The topological polar surface area (TPSA) is 92.0 Å². The summed E-state index contributed by atoms with van der Waals surface area (Å²) >= 11 is 0. The Kier molecular flexibility index (Phi) is 7.77. The van der Waals surface area contributed by atoms with Gasteiger partial charge in [0.25, 0.3) is 5.91 Å². The highest BCUT2D eigenvalue weighted by Crippen LogP contribution is 2.23. The number of hydrogen-bond donors (Lipinski definition) is 0. The smallest absolute Gasteiger partial charge is 0.290 e. The lowest BCUT2D eigenvalue weighted by molar-refractivity contribution is -0.131. The van der Waals surface area contributed by atoms with Crippen LogP contribution in [-0.2, 0) is 4.79 Å². The van der Waals surface area contributed by atoms with E-state index in [1.165, 1.54) is 11.2 Å². The molecule has 35 heavy (non-hydrogen) atoms. The minimum Gasteiger partial charge on any atom is -0.497 e. The maximum Gasteiger partial charge on any atom is 0.290 e. The molecular weight excluding hydrogens is 446 g/mol. The molecule has 0 saturated carbocycles. The third kappa shape index (κ3) is 5.87. The Morgan fingerprint density at radius 2 is 2.00 bits per heavy atom. The van der Waals surface area contributed by atoms with Gasteiger partial charge in [0.2, 0.25) is 5.91 Å². The normalized spacial score (nSPS) is 13.7. The minimum absolute atomic E-state index is 0.0272. The Morgan fingerprint density at radius 3 is 2.71 bits per heavy atom. The molecule has 0 aliphatic carbocycles. The molecule has 2 amide bonds. The van der Waals surface area contributed by atoms with E-state index in [-0.39, 0.29) is 30.7 Å². The molecule has 1 aliphatic heterocycles. The number of rotatable bonds is 8. The molecule has 182 valence electrons. The fourth-order valence-corrected chi connectivity index (χ4v) is 4.02. The molecular formula is C26H29N5O4. The summed E-state index contributed by atoms with van der Waals surface area (Å²) in [5.41, 5.74) is 1.70. The number of methoxy groups -OCH3 is 1. The van der Waals surface area contributed by atoms with Gasteiger partial charge in [-0.05, 0) is 42.8 Å². The number of amides is 2. The molecule has 1 saturated heterocycles.